The Balaban J connectivity index is 1.88. The highest BCUT2D eigenvalue weighted by molar-refractivity contribution is 8.03. The van der Waals surface area contributed by atoms with Crippen molar-refractivity contribution in [2.75, 3.05) is 10.6 Å². The number of nitrogens with one attached hydrogen (secondary N) is 2. The van der Waals surface area contributed by atoms with Crippen molar-refractivity contribution in [3.05, 3.63) is 63.7 Å². The average molecular weight is 412 g/mol. The molecule has 0 bridgehead atoms. The number of alkyl halides is 3. The van der Waals surface area contributed by atoms with Crippen LogP contribution in [0.15, 0.2) is 58.0 Å². The third-order valence-electron chi connectivity index (χ3n) is 3.46. The van der Waals surface area contributed by atoms with Gasteiger partial charge >= 0.3 is 6.18 Å². The fraction of sp³-hybridized carbons (Fsp3) is 0.0588. The fourth-order valence-electron chi connectivity index (χ4n) is 2.22. The maximum Gasteiger partial charge on any atom is 0.416 e. The normalized spacial score (nSPS) is 14.9. The van der Waals surface area contributed by atoms with Gasteiger partial charge in [-0.25, -0.2) is 0 Å². The van der Waals surface area contributed by atoms with Crippen LogP contribution >= 0.6 is 35.6 Å². The first-order valence-electron chi connectivity index (χ1n) is 7.16. The number of thiocarbonyl (C=S) groups is 1. The van der Waals surface area contributed by atoms with Gasteiger partial charge < -0.3 is 10.6 Å². The summed E-state index contributed by atoms with van der Waals surface area (Å²) in [5.74, 6) is 0. The molecule has 0 atom stereocenters. The summed E-state index contributed by atoms with van der Waals surface area (Å²) >= 11 is 12.5. The molecule has 9 heteroatoms. The van der Waals surface area contributed by atoms with E-state index in [1.54, 1.807) is 0 Å². The number of fused-ring (bicyclic) bond motifs is 1. The van der Waals surface area contributed by atoms with Gasteiger partial charge in [0.25, 0.3) is 0 Å². The topological polar surface area (TPSA) is 47.9 Å². The number of para-hydroxylation sites is 1. The molecule has 0 aliphatic carbocycles. The summed E-state index contributed by atoms with van der Waals surface area (Å²) in [5.41, 5.74) is 0.0781. The molecular formula is C17H9ClF3N3S2. The third-order valence-corrected chi connectivity index (χ3v) is 5.18. The Morgan fingerprint density at radius 1 is 1.23 bits per heavy atom. The summed E-state index contributed by atoms with van der Waals surface area (Å²) in [6.45, 7) is 0. The SMILES string of the molecule is N#C/C(C(=S)Nc1cc(C(F)(F)F)ccc1Cl)=C1\Nc2ccccc2S1. The van der Waals surface area contributed by atoms with Gasteiger partial charge in [0.05, 0.1) is 27.0 Å². The van der Waals surface area contributed by atoms with Crippen LogP contribution in [-0.2, 0) is 6.18 Å². The van der Waals surface area contributed by atoms with Crippen LogP contribution in [0.1, 0.15) is 5.56 Å². The predicted octanol–water partition coefficient (Wildman–Crippen LogP) is 6.05. The van der Waals surface area contributed by atoms with E-state index in [9.17, 15) is 18.4 Å². The van der Waals surface area contributed by atoms with Gasteiger partial charge in [0.1, 0.15) is 16.6 Å². The first kappa shape index (κ1) is 18.6. The summed E-state index contributed by atoms with van der Waals surface area (Å²) < 4.78 is 38.6. The van der Waals surface area contributed by atoms with Crippen molar-refractivity contribution in [1.29, 1.82) is 5.26 Å². The quantitative estimate of drug-likeness (QED) is 0.358. The molecule has 0 fully saturated rings. The van der Waals surface area contributed by atoms with Crippen molar-refractivity contribution in [3.8, 4) is 6.07 Å². The van der Waals surface area contributed by atoms with Crippen molar-refractivity contribution in [3.63, 3.8) is 0 Å². The summed E-state index contributed by atoms with van der Waals surface area (Å²) in [6.07, 6.45) is -4.51. The first-order valence-corrected chi connectivity index (χ1v) is 8.76. The van der Waals surface area contributed by atoms with Gasteiger partial charge in [-0.05, 0) is 30.3 Å². The smallest absolute Gasteiger partial charge is 0.348 e. The summed E-state index contributed by atoms with van der Waals surface area (Å²) in [7, 11) is 0. The molecule has 2 aromatic rings. The van der Waals surface area contributed by atoms with E-state index in [0.29, 0.717) is 5.03 Å². The van der Waals surface area contributed by atoms with Gasteiger partial charge in [0, 0.05) is 4.90 Å². The van der Waals surface area contributed by atoms with E-state index in [-0.39, 0.29) is 21.3 Å². The molecule has 2 N–H and O–H groups in total. The number of thioether (sulfide) groups is 1. The monoisotopic (exact) mass is 411 g/mol. The lowest BCUT2D eigenvalue weighted by Crippen LogP contribution is -2.15. The second kappa shape index (κ2) is 7.19. The van der Waals surface area contributed by atoms with Crippen molar-refractivity contribution in [2.24, 2.45) is 0 Å². The molecule has 0 saturated heterocycles. The zero-order chi connectivity index (χ0) is 18.9. The van der Waals surface area contributed by atoms with Gasteiger partial charge in [-0.1, -0.05) is 47.7 Å². The minimum atomic E-state index is -4.51. The molecule has 0 unspecified atom stereocenters. The van der Waals surface area contributed by atoms with Crippen LogP contribution in [0.3, 0.4) is 0 Å². The Hall–Kier alpha value is -2.21. The summed E-state index contributed by atoms with van der Waals surface area (Å²) in [4.78, 5) is 0.909. The van der Waals surface area contributed by atoms with Crippen LogP contribution in [0, 0.1) is 11.3 Å². The molecular weight excluding hydrogens is 403 g/mol. The molecule has 26 heavy (non-hydrogen) atoms. The molecule has 0 amide bonds. The standard InChI is InChI=1S/C17H9ClF3N3S2/c18-11-6-5-9(17(19,20)21)7-13(11)23-15(25)10(8-22)16-24-12-3-1-2-4-14(12)26-16/h1-7,24H,(H,23,25)/b16-10-. The highest BCUT2D eigenvalue weighted by Gasteiger charge is 2.31. The molecule has 2 aromatic carbocycles. The Morgan fingerprint density at radius 2 is 1.96 bits per heavy atom. The Morgan fingerprint density at radius 3 is 2.62 bits per heavy atom. The number of nitrogens with zero attached hydrogens (tertiary/aromatic N) is 1. The van der Waals surface area contributed by atoms with Crippen LogP contribution in [0.25, 0.3) is 0 Å². The average Bonchev–Trinajstić information content (AvgIpc) is 3.00. The van der Waals surface area contributed by atoms with Crippen molar-refractivity contribution >= 4 is 51.9 Å². The second-order valence-electron chi connectivity index (χ2n) is 5.19. The highest BCUT2D eigenvalue weighted by Crippen LogP contribution is 2.42. The minimum absolute atomic E-state index is 0.0136. The van der Waals surface area contributed by atoms with E-state index in [4.69, 9.17) is 23.8 Å². The van der Waals surface area contributed by atoms with Gasteiger partial charge in [-0.2, -0.15) is 18.4 Å². The number of rotatable bonds is 2. The van der Waals surface area contributed by atoms with Crippen LogP contribution in [0.5, 0.6) is 0 Å². The second-order valence-corrected chi connectivity index (χ2v) is 7.05. The van der Waals surface area contributed by atoms with E-state index in [1.165, 1.54) is 11.8 Å². The molecule has 0 radical (unpaired) electrons. The third kappa shape index (κ3) is 3.80. The molecule has 0 aromatic heterocycles. The van der Waals surface area contributed by atoms with Crippen LogP contribution in [0.2, 0.25) is 5.02 Å². The molecule has 1 aliphatic heterocycles. The zero-order valence-electron chi connectivity index (χ0n) is 12.8. The Kier molecular flexibility index (Phi) is 5.14. The Labute approximate surface area is 161 Å². The van der Waals surface area contributed by atoms with E-state index in [0.717, 1.165) is 28.8 Å². The van der Waals surface area contributed by atoms with Crippen LogP contribution in [-0.4, -0.2) is 4.99 Å². The van der Waals surface area contributed by atoms with Gasteiger partial charge in [0.15, 0.2) is 0 Å². The Bertz CT molecular complexity index is 937. The van der Waals surface area contributed by atoms with E-state index in [2.05, 4.69) is 10.6 Å². The van der Waals surface area contributed by atoms with E-state index < -0.39 is 11.7 Å². The maximum atomic E-state index is 12.9. The van der Waals surface area contributed by atoms with Crippen molar-refractivity contribution in [1.82, 2.24) is 0 Å². The number of hydrogen-bond donors (Lipinski definition) is 2. The molecule has 1 heterocycles. The lowest BCUT2D eigenvalue weighted by atomic mass is 10.2. The number of halogens is 4. The lowest BCUT2D eigenvalue weighted by Gasteiger charge is -2.13. The minimum Gasteiger partial charge on any atom is -0.348 e. The van der Waals surface area contributed by atoms with E-state index in [1.807, 2.05) is 30.3 Å². The summed E-state index contributed by atoms with van der Waals surface area (Å²) in [5, 5.41) is 15.8. The highest BCUT2D eigenvalue weighted by atomic mass is 35.5. The van der Waals surface area contributed by atoms with Crippen molar-refractivity contribution < 1.29 is 13.2 Å². The molecule has 1 aliphatic rings. The molecule has 132 valence electrons. The zero-order valence-corrected chi connectivity index (χ0v) is 15.2. The number of anilines is 2. The predicted molar refractivity (Wildman–Crippen MR) is 101 cm³/mol. The molecule has 3 nitrogen and oxygen atoms in total. The van der Waals surface area contributed by atoms with Gasteiger partial charge in [0.2, 0.25) is 0 Å². The van der Waals surface area contributed by atoms with Crippen LogP contribution in [0.4, 0.5) is 24.5 Å². The summed E-state index contributed by atoms with van der Waals surface area (Å²) in [6, 6.07) is 12.3. The molecule has 3 rings (SSSR count). The van der Waals surface area contributed by atoms with Crippen LogP contribution < -0.4 is 10.6 Å². The van der Waals surface area contributed by atoms with Crippen molar-refractivity contribution in [2.45, 2.75) is 11.1 Å². The lowest BCUT2D eigenvalue weighted by molar-refractivity contribution is -0.137. The van der Waals surface area contributed by atoms with E-state index >= 15 is 0 Å². The largest absolute Gasteiger partial charge is 0.416 e. The maximum absolute atomic E-state index is 12.9. The molecule has 0 saturated carbocycles. The van der Waals surface area contributed by atoms with Gasteiger partial charge in [-0.15, -0.1) is 0 Å². The fourth-order valence-corrected chi connectivity index (χ4v) is 3.71. The first-order chi connectivity index (χ1) is 12.3. The molecule has 0 spiro atoms. The number of nitriles is 1. The van der Waals surface area contributed by atoms with Gasteiger partial charge in [-0.3, -0.25) is 0 Å². The number of benzene rings is 2. The number of hydrogen-bond acceptors (Lipinski definition) is 4.